The summed E-state index contributed by atoms with van der Waals surface area (Å²) in [5.74, 6) is 0.560. The highest BCUT2D eigenvalue weighted by Gasteiger charge is 2.31. The van der Waals surface area contributed by atoms with Gasteiger partial charge >= 0.3 is 0 Å². The number of rotatable bonds is 4. The number of hydrogen-bond acceptors (Lipinski definition) is 7. The second-order valence-electron chi connectivity index (χ2n) is 9.25. The maximum Gasteiger partial charge on any atom is 0.254 e. The molecule has 1 saturated heterocycles. The van der Waals surface area contributed by atoms with E-state index in [0.717, 1.165) is 33.6 Å². The van der Waals surface area contributed by atoms with Gasteiger partial charge in [-0.3, -0.25) is 9.48 Å². The van der Waals surface area contributed by atoms with E-state index in [-0.39, 0.29) is 5.91 Å². The zero-order chi connectivity index (χ0) is 24.7. The number of fused-ring (bicyclic) bond motifs is 1. The first-order valence-electron chi connectivity index (χ1n) is 11.4. The summed E-state index contributed by atoms with van der Waals surface area (Å²) >= 11 is 0. The number of aryl methyl sites for hydroxylation is 1. The van der Waals surface area contributed by atoms with Crippen LogP contribution in [0.4, 0.5) is 5.82 Å². The molecule has 0 atom stereocenters. The first kappa shape index (κ1) is 22.6. The summed E-state index contributed by atoms with van der Waals surface area (Å²) in [4.78, 5) is 20.8. The number of carbonyl (C=O) groups is 1. The largest absolute Gasteiger partial charge is 0.381 e. The van der Waals surface area contributed by atoms with E-state index in [2.05, 4.69) is 21.2 Å². The zero-order valence-electron chi connectivity index (χ0n) is 19.9. The molecule has 178 valence electrons. The number of amides is 1. The van der Waals surface area contributed by atoms with Gasteiger partial charge in [0, 0.05) is 74.1 Å². The fourth-order valence-electron chi connectivity index (χ4n) is 4.41. The lowest BCUT2D eigenvalue weighted by Crippen LogP contribution is -2.54. The number of carbonyl (C=O) groups excluding carboxylic acids is 1. The number of pyridine rings is 2. The minimum Gasteiger partial charge on any atom is -0.381 e. The maximum atomic E-state index is 12.3. The Hall–Kier alpha value is -4.23. The van der Waals surface area contributed by atoms with Crippen LogP contribution in [0.25, 0.3) is 27.8 Å². The van der Waals surface area contributed by atoms with Crippen molar-refractivity contribution in [2.24, 2.45) is 7.05 Å². The Balaban J connectivity index is 1.44. The highest BCUT2D eigenvalue weighted by atomic mass is 16.3. The van der Waals surface area contributed by atoms with Crippen molar-refractivity contribution in [2.45, 2.75) is 19.4 Å². The monoisotopic (exact) mass is 470 g/mol. The van der Waals surface area contributed by atoms with E-state index in [4.69, 9.17) is 4.98 Å². The molecule has 10 heteroatoms. The number of nitriles is 1. The summed E-state index contributed by atoms with van der Waals surface area (Å²) in [6.45, 7) is 5.36. The molecule has 0 unspecified atom stereocenters. The molecule has 1 fully saturated rings. The summed E-state index contributed by atoms with van der Waals surface area (Å²) in [5, 5.41) is 28.3. The Morgan fingerprint density at radius 1 is 1.03 bits per heavy atom. The molecule has 1 N–H and O–H groups in total. The predicted molar refractivity (Wildman–Crippen MR) is 130 cm³/mol. The van der Waals surface area contributed by atoms with Crippen molar-refractivity contribution in [3.8, 4) is 28.3 Å². The van der Waals surface area contributed by atoms with Crippen molar-refractivity contribution >= 4 is 17.2 Å². The van der Waals surface area contributed by atoms with E-state index in [1.165, 1.54) is 13.8 Å². The van der Waals surface area contributed by atoms with Crippen LogP contribution in [0.3, 0.4) is 0 Å². The first-order valence-corrected chi connectivity index (χ1v) is 11.4. The van der Waals surface area contributed by atoms with Crippen molar-refractivity contribution in [3.05, 3.63) is 54.7 Å². The molecule has 0 aromatic carbocycles. The Kier molecular flexibility index (Phi) is 5.49. The Bertz CT molecular complexity index is 1430. The number of piperazine rings is 1. The van der Waals surface area contributed by atoms with Crippen LogP contribution in [-0.2, 0) is 11.8 Å². The maximum absolute atomic E-state index is 12.3. The van der Waals surface area contributed by atoms with Crippen LogP contribution in [0.2, 0.25) is 0 Å². The smallest absolute Gasteiger partial charge is 0.254 e. The fourth-order valence-corrected chi connectivity index (χ4v) is 4.41. The molecule has 0 aliphatic carbocycles. The molecular weight excluding hydrogens is 444 g/mol. The first-order chi connectivity index (χ1) is 16.7. The summed E-state index contributed by atoms with van der Waals surface area (Å²) in [6, 6.07) is 8.22. The Morgan fingerprint density at radius 2 is 1.80 bits per heavy atom. The molecule has 0 saturated carbocycles. The van der Waals surface area contributed by atoms with E-state index < -0.39 is 5.60 Å². The van der Waals surface area contributed by atoms with Gasteiger partial charge in [0.05, 0.1) is 23.5 Å². The molecule has 5 heterocycles. The van der Waals surface area contributed by atoms with Crippen molar-refractivity contribution < 1.29 is 9.90 Å². The molecule has 4 aromatic rings. The molecule has 4 aromatic heterocycles. The molecule has 1 aliphatic heterocycles. The van der Waals surface area contributed by atoms with Crippen molar-refractivity contribution in [1.29, 1.82) is 5.26 Å². The minimum absolute atomic E-state index is 0.257. The lowest BCUT2D eigenvalue weighted by Gasteiger charge is -2.37. The average Bonchev–Trinajstić information content (AvgIpc) is 3.48. The van der Waals surface area contributed by atoms with Crippen LogP contribution < -0.4 is 4.90 Å². The van der Waals surface area contributed by atoms with Gasteiger partial charge < -0.3 is 14.9 Å². The molecule has 0 spiro atoms. The van der Waals surface area contributed by atoms with E-state index in [1.54, 1.807) is 32.7 Å². The van der Waals surface area contributed by atoms with Gasteiger partial charge in [-0.1, -0.05) is 0 Å². The Morgan fingerprint density at radius 3 is 2.40 bits per heavy atom. The van der Waals surface area contributed by atoms with Gasteiger partial charge in [0.15, 0.2) is 0 Å². The minimum atomic E-state index is -1.37. The molecule has 0 bridgehead atoms. The van der Waals surface area contributed by atoms with E-state index in [1.807, 2.05) is 37.6 Å². The number of anilines is 1. The fraction of sp³-hybridized carbons (Fsp3) is 0.320. The van der Waals surface area contributed by atoms with Crippen LogP contribution in [0.1, 0.15) is 19.4 Å². The topological polar surface area (TPSA) is 116 Å². The Labute approximate surface area is 202 Å². The number of hydrogen-bond donors (Lipinski definition) is 1. The number of aliphatic hydroxyl groups is 1. The van der Waals surface area contributed by atoms with E-state index >= 15 is 0 Å². The normalized spacial score (nSPS) is 14.4. The van der Waals surface area contributed by atoms with Gasteiger partial charge in [0.1, 0.15) is 17.5 Å². The van der Waals surface area contributed by atoms with Crippen LogP contribution in [0, 0.1) is 11.3 Å². The van der Waals surface area contributed by atoms with E-state index in [0.29, 0.717) is 31.7 Å². The summed E-state index contributed by atoms with van der Waals surface area (Å²) in [7, 11) is 1.87. The standard InChI is InChI=1S/C25H26N8O2/c1-25(2,35)24(34)32-8-6-31(7-9-32)22-5-4-17(12-27-22)21-10-18(20-14-28-30(3)15-20)16-33-23(21)19(11-26)13-29-33/h4-5,10,12-16,35H,6-9H2,1-3H3. The average molecular weight is 471 g/mol. The van der Waals surface area contributed by atoms with Gasteiger partial charge in [-0.05, 0) is 32.0 Å². The SMILES string of the molecule is Cn1cc(-c2cc(-c3ccc(N4CCN(C(=O)C(C)(C)O)CC4)nc3)c3c(C#N)cnn3c2)cn1. The summed E-state index contributed by atoms with van der Waals surface area (Å²) in [5.41, 5.74) is 3.48. The molecule has 0 radical (unpaired) electrons. The van der Waals surface area contributed by atoms with Crippen molar-refractivity contribution in [3.63, 3.8) is 0 Å². The predicted octanol–water partition coefficient (Wildman–Crippen LogP) is 2.09. The third-order valence-corrected chi connectivity index (χ3v) is 6.24. The summed E-state index contributed by atoms with van der Waals surface area (Å²) < 4.78 is 3.47. The third-order valence-electron chi connectivity index (χ3n) is 6.24. The quantitative estimate of drug-likeness (QED) is 0.486. The molecule has 1 aliphatic rings. The van der Waals surface area contributed by atoms with Crippen LogP contribution >= 0.6 is 0 Å². The van der Waals surface area contributed by atoms with Crippen molar-refractivity contribution in [2.75, 3.05) is 31.1 Å². The van der Waals surface area contributed by atoms with Gasteiger partial charge in [0.2, 0.25) is 0 Å². The van der Waals surface area contributed by atoms with Crippen molar-refractivity contribution in [1.82, 2.24) is 29.3 Å². The van der Waals surface area contributed by atoms with Gasteiger partial charge in [0.25, 0.3) is 5.91 Å². The molecule has 10 nitrogen and oxygen atoms in total. The third kappa shape index (κ3) is 4.22. The van der Waals surface area contributed by atoms with Crippen LogP contribution in [0.5, 0.6) is 0 Å². The summed E-state index contributed by atoms with van der Waals surface area (Å²) in [6.07, 6.45) is 9.00. The van der Waals surface area contributed by atoms with E-state index in [9.17, 15) is 15.2 Å². The second kappa shape index (κ2) is 8.52. The molecular formula is C25H26N8O2. The highest BCUT2D eigenvalue weighted by Crippen LogP contribution is 2.32. The number of aromatic nitrogens is 5. The van der Waals surface area contributed by atoms with Gasteiger partial charge in [-0.15, -0.1) is 0 Å². The lowest BCUT2D eigenvalue weighted by molar-refractivity contribution is -0.148. The zero-order valence-corrected chi connectivity index (χ0v) is 19.9. The van der Waals surface area contributed by atoms with Gasteiger partial charge in [-0.25, -0.2) is 9.50 Å². The highest BCUT2D eigenvalue weighted by molar-refractivity contribution is 5.87. The number of nitrogens with zero attached hydrogens (tertiary/aromatic N) is 8. The second-order valence-corrected chi connectivity index (χ2v) is 9.25. The van der Waals surface area contributed by atoms with Gasteiger partial charge in [-0.2, -0.15) is 15.5 Å². The molecule has 35 heavy (non-hydrogen) atoms. The van der Waals surface area contributed by atoms with Crippen LogP contribution in [-0.4, -0.2) is 72.1 Å². The molecule has 5 rings (SSSR count). The van der Waals surface area contributed by atoms with Crippen LogP contribution in [0.15, 0.2) is 49.2 Å². The lowest BCUT2D eigenvalue weighted by atomic mass is 10.0. The molecule has 1 amide bonds.